The highest BCUT2D eigenvalue weighted by Gasteiger charge is 2.12. The molecule has 0 aliphatic carbocycles. The van der Waals surface area contributed by atoms with Crippen LogP contribution in [0.15, 0.2) is 46.7 Å². The van der Waals surface area contributed by atoms with Crippen LogP contribution in [0.2, 0.25) is 0 Å². The molecule has 0 fully saturated rings. The van der Waals surface area contributed by atoms with E-state index in [2.05, 4.69) is 15.4 Å². The minimum absolute atomic E-state index is 0.887. The second-order valence-corrected chi connectivity index (χ2v) is 3.03. The first kappa shape index (κ1) is 7.32. The summed E-state index contributed by atoms with van der Waals surface area (Å²) in [5.74, 6) is 0.887. The van der Waals surface area contributed by atoms with Crippen LogP contribution in [0.5, 0.6) is 0 Å². The number of rotatable bonds is 0. The number of fused-ring (bicyclic) bond motifs is 2. The Bertz CT molecular complexity index is 541. The maximum Gasteiger partial charge on any atom is 0.162 e. The van der Waals surface area contributed by atoms with Gasteiger partial charge in [-0.2, -0.15) is 0 Å². The molecule has 0 bridgehead atoms. The zero-order valence-electron chi connectivity index (χ0n) is 7.38. The van der Waals surface area contributed by atoms with Gasteiger partial charge in [-0.05, 0) is 12.1 Å². The molecule has 2 aliphatic rings. The van der Waals surface area contributed by atoms with Gasteiger partial charge in [0, 0.05) is 17.6 Å². The molecule has 0 atom stereocenters. The first-order valence-electron chi connectivity index (χ1n) is 4.37. The molecule has 0 amide bonds. The number of hydrogen-bond donors (Lipinski definition) is 1. The van der Waals surface area contributed by atoms with Crippen LogP contribution in [0.4, 0.5) is 0 Å². The standard InChI is InChI=1S/C10H8N4/c1-2-4-9-8(3-1)10-12-7-13-14(10)6-5-11-9/h1-7H,(H,12,13). The van der Waals surface area contributed by atoms with Gasteiger partial charge < -0.3 is 0 Å². The van der Waals surface area contributed by atoms with Crippen LogP contribution in [0.25, 0.3) is 5.82 Å². The Morgan fingerprint density at radius 3 is 3.14 bits per heavy atom. The van der Waals surface area contributed by atoms with Crippen molar-refractivity contribution in [1.82, 2.24) is 10.4 Å². The quantitative estimate of drug-likeness (QED) is 0.601. The van der Waals surface area contributed by atoms with Gasteiger partial charge in [-0.25, -0.2) is 10.0 Å². The third-order valence-electron chi connectivity index (χ3n) is 2.19. The lowest BCUT2D eigenvalue weighted by Gasteiger charge is -2.10. The average Bonchev–Trinajstić information content (AvgIpc) is 2.61. The summed E-state index contributed by atoms with van der Waals surface area (Å²) in [5, 5.41) is 3.83. The van der Waals surface area contributed by atoms with E-state index in [0.29, 0.717) is 0 Å². The fourth-order valence-corrected chi connectivity index (χ4v) is 1.54. The van der Waals surface area contributed by atoms with Crippen molar-refractivity contribution in [3.8, 4) is 0 Å². The zero-order chi connectivity index (χ0) is 9.38. The van der Waals surface area contributed by atoms with E-state index in [0.717, 1.165) is 16.4 Å². The Balaban J connectivity index is 2.46. The van der Waals surface area contributed by atoms with Gasteiger partial charge in [0.1, 0.15) is 6.34 Å². The molecule has 0 aromatic heterocycles. The monoisotopic (exact) mass is 184 g/mol. The van der Waals surface area contributed by atoms with Gasteiger partial charge in [0.05, 0.1) is 5.36 Å². The number of hydrogen-bond acceptors (Lipinski definition) is 4. The maximum atomic E-state index is 4.31. The first-order chi connectivity index (χ1) is 6.95. The smallest absolute Gasteiger partial charge is 0.162 e. The van der Waals surface area contributed by atoms with Crippen molar-refractivity contribution in [2.45, 2.75) is 0 Å². The fraction of sp³-hybridized carbons (Fsp3) is 0. The van der Waals surface area contributed by atoms with Crippen molar-refractivity contribution in [2.75, 3.05) is 0 Å². The Hall–Kier alpha value is -2.10. The highest BCUT2D eigenvalue weighted by molar-refractivity contribution is 5.69. The molecule has 1 aromatic carbocycles. The lowest BCUT2D eigenvalue weighted by molar-refractivity contribution is 0.499. The van der Waals surface area contributed by atoms with Crippen LogP contribution in [0, 0.1) is 0 Å². The summed E-state index contributed by atoms with van der Waals surface area (Å²) in [4.78, 5) is 8.57. The molecular formula is C10H8N4. The third-order valence-corrected chi connectivity index (χ3v) is 2.19. The highest BCUT2D eigenvalue weighted by Crippen LogP contribution is 2.07. The number of nitrogens with one attached hydrogen (secondary N) is 1. The van der Waals surface area contributed by atoms with E-state index in [1.165, 1.54) is 0 Å². The lowest BCUT2D eigenvalue weighted by Crippen LogP contribution is -2.32. The largest absolute Gasteiger partial charge is 0.282 e. The lowest BCUT2D eigenvalue weighted by atomic mass is 10.3. The first-order valence-corrected chi connectivity index (χ1v) is 4.37. The Labute approximate surface area is 80.6 Å². The van der Waals surface area contributed by atoms with Crippen molar-refractivity contribution in [2.24, 2.45) is 9.98 Å². The SMILES string of the molecule is C1=CN2NC=NC2=c2ccccc2=N1. The van der Waals surface area contributed by atoms with Crippen molar-refractivity contribution in [3.05, 3.63) is 47.2 Å². The molecule has 3 rings (SSSR count). The number of nitrogens with zero attached hydrogens (tertiary/aromatic N) is 3. The summed E-state index contributed by atoms with van der Waals surface area (Å²) in [6.45, 7) is 0. The summed E-state index contributed by atoms with van der Waals surface area (Å²) >= 11 is 0. The van der Waals surface area contributed by atoms with Gasteiger partial charge >= 0.3 is 0 Å². The predicted octanol–water partition coefficient (Wildman–Crippen LogP) is -0.295. The summed E-state index contributed by atoms with van der Waals surface area (Å²) in [6, 6.07) is 7.94. The minimum atomic E-state index is 0.887. The molecule has 0 saturated heterocycles. The normalized spacial score (nSPS) is 16.9. The van der Waals surface area contributed by atoms with Crippen molar-refractivity contribution in [3.63, 3.8) is 0 Å². The van der Waals surface area contributed by atoms with E-state index in [1.54, 1.807) is 12.5 Å². The predicted molar refractivity (Wildman–Crippen MR) is 53.2 cm³/mol. The molecule has 0 unspecified atom stereocenters. The van der Waals surface area contributed by atoms with Crippen molar-refractivity contribution < 1.29 is 0 Å². The van der Waals surface area contributed by atoms with Crippen LogP contribution in [0.1, 0.15) is 0 Å². The Morgan fingerprint density at radius 2 is 2.14 bits per heavy atom. The number of benzene rings is 1. The van der Waals surface area contributed by atoms with E-state index >= 15 is 0 Å². The van der Waals surface area contributed by atoms with Crippen LogP contribution in [-0.2, 0) is 0 Å². The molecule has 0 spiro atoms. The molecule has 0 radical (unpaired) electrons. The molecule has 0 saturated carbocycles. The summed E-state index contributed by atoms with van der Waals surface area (Å²) in [7, 11) is 0. The molecular weight excluding hydrogens is 176 g/mol. The second-order valence-electron chi connectivity index (χ2n) is 3.03. The molecule has 4 nitrogen and oxygen atoms in total. The Morgan fingerprint density at radius 1 is 1.21 bits per heavy atom. The fourth-order valence-electron chi connectivity index (χ4n) is 1.54. The molecule has 4 heteroatoms. The van der Waals surface area contributed by atoms with E-state index in [1.807, 2.05) is 35.5 Å². The number of para-hydroxylation sites is 1. The highest BCUT2D eigenvalue weighted by atomic mass is 15.6. The summed E-state index contributed by atoms with van der Waals surface area (Å²) in [5.41, 5.74) is 3.00. The van der Waals surface area contributed by atoms with E-state index in [-0.39, 0.29) is 0 Å². The second kappa shape index (κ2) is 2.70. The number of aliphatic imine (C=N–C) groups is 1. The van der Waals surface area contributed by atoms with Crippen LogP contribution >= 0.6 is 0 Å². The summed E-state index contributed by atoms with van der Waals surface area (Å²) < 4.78 is 0. The molecule has 2 heterocycles. The molecule has 14 heavy (non-hydrogen) atoms. The topological polar surface area (TPSA) is 40.0 Å². The van der Waals surface area contributed by atoms with Crippen molar-refractivity contribution in [1.29, 1.82) is 0 Å². The molecule has 1 N–H and O–H groups in total. The van der Waals surface area contributed by atoms with Crippen LogP contribution in [0.3, 0.4) is 0 Å². The minimum Gasteiger partial charge on any atom is -0.282 e. The molecule has 68 valence electrons. The zero-order valence-corrected chi connectivity index (χ0v) is 7.38. The van der Waals surface area contributed by atoms with Gasteiger partial charge in [-0.3, -0.25) is 10.4 Å². The summed E-state index contributed by atoms with van der Waals surface area (Å²) in [6.07, 6.45) is 5.28. The van der Waals surface area contributed by atoms with E-state index in [4.69, 9.17) is 0 Å². The van der Waals surface area contributed by atoms with Gasteiger partial charge in [0.2, 0.25) is 0 Å². The maximum absolute atomic E-state index is 4.31. The average molecular weight is 184 g/mol. The van der Waals surface area contributed by atoms with Gasteiger partial charge in [-0.15, -0.1) is 0 Å². The van der Waals surface area contributed by atoms with Gasteiger partial charge in [0.25, 0.3) is 0 Å². The third kappa shape index (κ3) is 0.939. The molecule has 2 aliphatic heterocycles. The van der Waals surface area contributed by atoms with Crippen molar-refractivity contribution >= 4 is 12.2 Å². The molecule has 1 aromatic rings. The van der Waals surface area contributed by atoms with E-state index < -0.39 is 0 Å². The van der Waals surface area contributed by atoms with Crippen LogP contribution in [-0.4, -0.2) is 11.3 Å². The number of hydrazine groups is 1. The van der Waals surface area contributed by atoms with Gasteiger partial charge in [0.15, 0.2) is 5.82 Å². The van der Waals surface area contributed by atoms with Gasteiger partial charge in [-0.1, -0.05) is 12.1 Å². The van der Waals surface area contributed by atoms with E-state index in [9.17, 15) is 0 Å². The van der Waals surface area contributed by atoms with Crippen LogP contribution < -0.4 is 16.0 Å². The Kier molecular flexibility index (Phi) is 1.41.